The molecule has 1 unspecified atom stereocenters. The second-order valence-corrected chi connectivity index (χ2v) is 7.12. The summed E-state index contributed by atoms with van der Waals surface area (Å²) in [5, 5.41) is 0. The standard InChI is InChI=1S/C27H24/c1-3-4-5-6-12-19-27(22-13-8-7-9-14-22)25-16-11-10-15-23(25)24-18-17-21(2)20-26(24)27/h3-18,20H,1,19H2,2H3/b5-4-,12-6-. The molecule has 0 spiro atoms. The molecule has 0 amide bonds. The minimum absolute atomic E-state index is 0.155. The average molecular weight is 348 g/mol. The first-order chi connectivity index (χ1) is 13.3. The van der Waals surface area contributed by atoms with Gasteiger partial charge in [0.25, 0.3) is 0 Å². The van der Waals surface area contributed by atoms with Crippen molar-refractivity contribution in [3.05, 3.63) is 132 Å². The minimum atomic E-state index is -0.155. The maximum absolute atomic E-state index is 3.75. The van der Waals surface area contributed by atoms with Crippen LogP contribution in [0.4, 0.5) is 0 Å². The van der Waals surface area contributed by atoms with Crippen molar-refractivity contribution < 1.29 is 0 Å². The first-order valence-corrected chi connectivity index (χ1v) is 9.48. The van der Waals surface area contributed by atoms with Gasteiger partial charge in [0.15, 0.2) is 0 Å². The summed E-state index contributed by atoms with van der Waals surface area (Å²) in [7, 11) is 0. The molecule has 1 atom stereocenters. The lowest BCUT2D eigenvalue weighted by atomic mass is 9.70. The molecular weight excluding hydrogens is 324 g/mol. The van der Waals surface area contributed by atoms with Crippen molar-refractivity contribution in [3.63, 3.8) is 0 Å². The largest absolute Gasteiger partial charge is 0.0991 e. The van der Waals surface area contributed by atoms with Crippen molar-refractivity contribution in [2.24, 2.45) is 0 Å². The van der Waals surface area contributed by atoms with Crippen molar-refractivity contribution in [2.75, 3.05) is 0 Å². The van der Waals surface area contributed by atoms with Gasteiger partial charge < -0.3 is 0 Å². The van der Waals surface area contributed by atoms with E-state index in [9.17, 15) is 0 Å². The van der Waals surface area contributed by atoms with Crippen LogP contribution in [0.2, 0.25) is 0 Å². The van der Waals surface area contributed by atoms with Gasteiger partial charge >= 0.3 is 0 Å². The first-order valence-electron chi connectivity index (χ1n) is 9.48. The summed E-state index contributed by atoms with van der Waals surface area (Å²) in [4.78, 5) is 0. The molecule has 1 aliphatic carbocycles. The van der Waals surface area contributed by atoms with E-state index in [0.717, 1.165) is 6.42 Å². The summed E-state index contributed by atoms with van der Waals surface area (Å²) in [6.45, 7) is 5.93. The van der Waals surface area contributed by atoms with E-state index in [2.05, 4.69) is 98.5 Å². The third-order valence-corrected chi connectivity index (χ3v) is 5.50. The second-order valence-electron chi connectivity index (χ2n) is 7.12. The first kappa shape index (κ1) is 17.3. The Morgan fingerprint density at radius 2 is 1.52 bits per heavy atom. The Kier molecular flexibility index (Phi) is 4.64. The van der Waals surface area contributed by atoms with E-state index in [1.807, 2.05) is 12.2 Å². The van der Waals surface area contributed by atoms with Gasteiger partial charge in [0.2, 0.25) is 0 Å². The molecule has 27 heavy (non-hydrogen) atoms. The van der Waals surface area contributed by atoms with Crippen LogP contribution >= 0.6 is 0 Å². The monoisotopic (exact) mass is 348 g/mol. The molecule has 0 aliphatic heterocycles. The lowest BCUT2D eigenvalue weighted by molar-refractivity contribution is 0.644. The zero-order valence-corrected chi connectivity index (χ0v) is 15.7. The fourth-order valence-electron chi connectivity index (χ4n) is 4.32. The van der Waals surface area contributed by atoms with Gasteiger partial charge in [0, 0.05) is 5.41 Å². The molecule has 132 valence electrons. The van der Waals surface area contributed by atoms with Crippen molar-refractivity contribution in [2.45, 2.75) is 18.8 Å². The summed E-state index contributed by atoms with van der Waals surface area (Å²) in [5.74, 6) is 0. The smallest absolute Gasteiger partial charge is 0.0498 e. The number of rotatable bonds is 5. The highest BCUT2D eigenvalue weighted by Gasteiger charge is 2.43. The van der Waals surface area contributed by atoms with Gasteiger partial charge in [-0.3, -0.25) is 0 Å². The van der Waals surface area contributed by atoms with Gasteiger partial charge in [0.1, 0.15) is 0 Å². The third kappa shape index (κ3) is 2.88. The normalized spacial score (nSPS) is 18.0. The van der Waals surface area contributed by atoms with Crippen LogP contribution in [0, 0.1) is 6.92 Å². The van der Waals surface area contributed by atoms with Gasteiger partial charge in [-0.05, 0) is 41.2 Å². The van der Waals surface area contributed by atoms with Crippen LogP contribution in [0.25, 0.3) is 11.1 Å². The van der Waals surface area contributed by atoms with Crippen molar-refractivity contribution >= 4 is 0 Å². The Bertz CT molecular complexity index is 1020. The fraction of sp³-hybridized carbons (Fsp3) is 0.111. The summed E-state index contributed by atoms with van der Waals surface area (Å²) >= 11 is 0. The van der Waals surface area contributed by atoms with E-state index in [0.29, 0.717) is 0 Å². The summed E-state index contributed by atoms with van der Waals surface area (Å²) in [6, 6.07) is 26.7. The molecule has 0 radical (unpaired) electrons. The molecule has 3 aromatic rings. The molecule has 3 aromatic carbocycles. The fourth-order valence-corrected chi connectivity index (χ4v) is 4.32. The van der Waals surface area contributed by atoms with Crippen LogP contribution in [0.3, 0.4) is 0 Å². The highest BCUT2D eigenvalue weighted by atomic mass is 14.4. The lowest BCUT2D eigenvalue weighted by Crippen LogP contribution is -2.26. The molecule has 0 heteroatoms. The molecule has 0 heterocycles. The predicted octanol–water partition coefficient (Wildman–Crippen LogP) is 7.00. The van der Waals surface area contributed by atoms with Gasteiger partial charge in [-0.25, -0.2) is 0 Å². The average Bonchev–Trinajstić information content (AvgIpc) is 2.99. The maximum atomic E-state index is 3.75. The predicted molar refractivity (Wildman–Crippen MR) is 116 cm³/mol. The maximum Gasteiger partial charge on any atom is 0.0498 e. The lowest BCUT2D eigenvalue weighted by Gasteiger charge is -2.32. The number of allylic oxidation sites excluding steroid dienone is 5. The zero-order chi connectivity index (χ0) is 18.7. The summed E-state index contributed by atoms with van der Waals surface area (Å²) in [5.41, 5.74) is 8.01. The number of benzene rings is 3. The molecule has 4 rings (SSSR count). The molecular formula is C27H24. The Morgan fingerprint density at radius 3 is 2.33 bits per heavy atom. The molecule has 0 saturated heterocycles. The molecule has 1 aliphatic rings. The topological polar surface area (TPSA) is 0 Å². The molecule has 0 fully saturated rings. The van der Waals surface area contributed by atoms with Crippen LogP contribution in [0.1, 0.15) is 28.7 Å². The van der Waals surface area contributed by atoms with E-state index < -0.39 is 0 Å². The number of hydrogen-bond donors (Lipinski definition) is 0. The highest BCUT2D eigenvalue weighted by molar-refractivity contribution is 5.83. The Hall–Kier alpha value is -3.12. The van der Waals surface area contributed by atoms with Crippen LogP contribution in [0.5, 0.6) is 0 Å². The van der Waals surface area contributed by atoms with Crippen molar-refractivity contribution in [1.82, 2.24) is 0 Å². The van der Waals surface area contributed by atoms with Crippen LogP contribution in [0.15, 0.2) is 110 Å². The molecule has 0 nitrogen and oxygen atoms in total. The third-order valence-electron chi connectivity index (χ3n) is 5.50. The van der Waals surface area contributed by atoms with Gasteiger partial charge in [-0.1, -0.05) is 115 Å². The van der Waals surface area contributed by atoms with E-state index >= 15 is 0 Å². The van der Waals surface area contributed by atoms with Crippen LogP contribution in [-0.2, 0) is 5.41 Å². The van der Waals surface area contributed by atoms with Crippen LogP contribution in [-0.4, -0.2) is 0 Å². The van der Waals surface area contributed by atoms with Crippen molar-refractivity contribution in [3.8, 4) is 11.1 Å². The van der Waals surface area contributed by atoms with Crippen molar-refractivity contribution in [1.29, 1.82) is 0 Å². The number of hydrogen-bond acceptors (Lipinski definition) is 0. The highest BCUT2D eigenvalue weighted by Crippen LogP contribution is 2.54. The quantitative estimate of drug-likeness (QED) is 0.435. The molecule has 0 aromatic heterocycles. The van der Waals surface area contributed by atoms with Gasteiger partial charge in [-0.15, -0.1) is 0 Å². The van der Waals surface area contributed by atoms with E-state index in [1.165, 1.54) is 33.4 Å². The number of fused-ring (bicyclic) bond motifs is 3. The van der Waals surface area contributed by atoms with Gasteiger partial charge in [0.05, 0.1) is 0 Å². The summed E-state index contributed by atoms with van der Waals surface area (Å²) in [6.07, 6.45) is 11.1. The Morgan fingerprint density at radius 1 is 0.778 bits per heavy atom. The molecule has 0 N–H and O–H groups in total. The van der Waals surface area contributed by atoms with E-state index in [-0.39, 0.29) is 5.41 Å². The number of aryl methyl sites for hydroxylation is 1. The molecule has 0 bridgehead atoms. The van der Waals surface area contributed by atoms with E-state index in [1.54, 1.807) is 6.08 Å². The summed E-state index contributed by atoms with van der Waals surface area (Å²) < 4.78 is 0. The van der Waals surface area contributed by atoms with E-state index in [4.69, 9.17) is 0 Å². The molecule has 0 saturated carbocycles. The second kappa shape index (κ2) is 7.25. The van der Waals surface area contributed by atoms with Crippen LogP contribution < -0.4 is 0 Å². The SMILES string of the molecule is C=C/C=C\C=C/CC1(c2ccccc2)c2ccccc2-c2ccc(C)cc21. The Balaban J connectivity index is 1.98. The minimum Gasteiger partial charge on any atom is -0.0991 e. The van der Waals surface area contributed by atoms with Gasteiger partial charge in [-0.2, -0.15) is 0 Å². The Labute approximate surface area is 162 Å². The zero-order valence-electron chi connectivity index (χ0n) is 15.7.